The van der Waals surface area contributed by atoms with Crippen LogP contribution in [0.3, 0.4) is 0 Å². The van der Waals surface area contributed by atoms with Gasteiger partial charge in [0, 0.05) is 6.42 Å². The lowest BCUT2D eigenvalue weighted by Gasteiger charge is -2.46. The van der Waals surface area contributed by atoms with Gasteiger partial charge in [0.15, 0.2) is 12.6 Å². The molecule has 0 radical (unpaired) electrons. The van der Waals surface area contributed by atoms with E-state index in [0.717, 1.165) is 44.9 Å². The van der Waals surface area contributed by atoms with Crippen LogP contribution in [0.15, 0.2) is 36.5 Å². The molecule has 434 valence electrons. The molecule has 1 amide bonds. The standard InChI is InChI=1S/C60H111NO13/c1-3-5-7-9-11-13-15-17-19-21-22-23-24-25-26-28-29-31-33-35-37-39-41-43-49(64)48(61-52(65)44-42-40-38-36-34-32-30-27-20-18-16-14-12-10-8-6-4-2)47-71-59-57(70)55(68)58(51(46-63)73-59)74-60-56(69)54(67)53(66)50(45-62)72-60/h26,28,33,35,41,43,48-51,53-60,62-64,66-70H,3-25,27,29-32,34,36-40,42,44-47H2,1-2H3,(H,61,65)/b28-26+,35-33+,43-41+. The number of amides is 1. The molecule has 0 saturated carbocycles. The zero-order chi connectivity index (χ0) is 53.9. The summed E-state index contributed by atoms with van der Waals surface area (Å²) in [5.74, 6) is -0.250. The minimum atomic E-state index is -1.79. The lowest BCUT2D eigenvalue weighted by molar-refractivity contribution is -0.359. The van der Waals surface area contributed by atoms with Crippen LogP contribution in [0.25, 0.3) is 0 Å². The van der Waals surface area contributed by atoms with Crippen molar-refractivity contribution >= 4 is 5.91 Å². The van der Waals surface area contributed by atoms with Gasteiger partial charge in [-0.05, 0) is 44.9 Å². The summed E-state index contributed by atoms with van der Waals surface area (Å²) in [7, 11) is 0. The van der Waals surface area contributed by atoms with Crippen molar-refractivity contribution in [1.29, 1.82) is 0 Å². The lowest BCUT2D eigenvalue weighted by Crippen LogP contribution is -2.65. The SMILES string of the molecule is CCCCCCCCCCCCCCC/C=C/CC/C=C/CC/C=C/C(O)C(COC1OC(CO)C(OC2OC(CO)C(O)C(O)C2O)C(O)C1O)NC(=O)CCCCCCCCCCCCCCCCCCC. The third-order valence-electron chi connectivity index (χ3n) is 14.8. The van der Waals surface area contributed by atoms with Crippen LogP contribution in [0.5, 0.6) is 0 Å². The third kappa shape index (κ3) is 31.6. The second-order valence-electron chi connectivity index (χ2n) is 21.5. The maximum atomic E-state index is 13.2. The fraction of sp³-hybridized carbons (Fsp3) is 0.883. The summed E-state index contributed by atoms with van der Waals surface area (Å²) < 4.78 is 22.8. The van der Waals surface area contributed by atoms with E-state index in [9.17, 15) is 45.6 Å². The Balaban J connectivity index is 1.79. The molecule has 9 N–H and O–H groups in total. The van der Waals surface area contributed by atoms with Gasteiger partial charge in [-0.3, -0.25) is 4.79 Å². The molecule has 74 heavy (non-hydrogen) atoms. The van der Waals surface area contributed by atoms with Gasteiger partial charge in [-0.2, -0.15) is 0 Å². The molecule has 14 nitrogen and oxygen atoms in total. The molecule has 2 fully saturated rings. The van der Waals surface area contributed by atoms with E-state index in [4.69, 9.17) is 18.9 Å². The summed E-state index contributed by atoms with van der Waals surface area (Å²) in [6.45, 7) is 2.79. The summed E-state index contributed by atoms with van der Waals surface area (Å²) in [5, 5.41) is 87.1. The molecular weight excluding hydrogens is 943 g/mol. The number of hydrogen-bond donors (Lipinski definition) is 9. The molecule has 0 aromatic heterocycles. The highest BCUT2D eigenvalue weighted by Gasteiger charge is 2.51. The largest absolute Gasteiger partial charge is 0.394 e. The number of ether oxygens (including phenoxy) is 4. The van der Waals surface area contributed by atoms with Crippen molar-refractivity contribution in [2.45, 2.75) is 319 Å². The second kappa shape index (κ2) is 46.2. The van der Waals surface area contributed by atoms with Gasteiger partial charge in [-0.25, -0.2) is 0 Å². The van der Waals surface area contributed by atoms with E-state index in [1.165, 1.54) is 167 Å². The fourth-order valence-corrected chi connectivity index (χ4v) is 9.91. The Labute approximate surface area is 449 Å². The Kier molecular flexibility index (Phi) is 42.6. The number of hydrogen-bond acceptors (Lipinski definition) is 13. The summed E-state index contributed by atoms with van der Waals surface area (Å²) in [6.07, 6.45) is 39.0. The lowest BCUT2D eigenvalue weighted by atomic mass is 9.97. The quantitative estimate of drug-likeness (QED) is 0.0204. The van der Waals surface area contributed by atoms with E-state index in [1.807, 2.05) is 6.08 Å². The van der Waals surface area contributed by atoms with Crippen molar-refractivity contribution < 1.29 is 64.6 Å². The maximum Gasteiger partial charge on any atom is 0.220 e. The first kappa shape index (κ1) is 68.3. The van der Waals surface area contributed by atoms with Gasteiger partial charge < -0.3 is 65.1 Å². The molecule has 12 unspecified atom stereocenters. The molecule has 2 aliphatic heterocycles. The van der Waals surface area contributed by atoms with Crippen LogP contribution < -0.4 is 5.32 Å². The zero-order valence-corrected chi connectivity index (χ0v) is 46.6. The highest BCUT2D eigenvalue weighted by molar-refractivity contribution is 5.76. The van der Waals surface area contributed by atoms with Crippen LogP contribution in [0.2, 0.25) is 0 Å². The highest BCUT2D eigenvalue weighted by Crippen LogP contribution is 2.30. The van der Waals surface area contributed by atoms with Gasteiger partial charge in [0.25, 0.3) is 0 Å². The summed E-state index contributed by atoms with van der Waals surface area (Å²) in [5.41, 5.74) is 0. The third-order valence-corrected chi connectivity index (χ3v) is 14.8. The number of aliphatic hydroxyl groups excluding tert-OH is 8. The highest BCUT2D eigenvalue weighted by atomic mass is 16.7. The van der Waals surface area contributed by atoms with E-state index in [-0.39, 0.29) is 18.9 Å². The molecule has 14 heteroatoms. The number of aliphatic hydroxyl groups is 8. The van der Waals surface area contributed by atoms with Gasteiger partial charge in [0.2, 0.25) is 5.91 Å². The van der Waals surface area contributed by atoms with Gasteiger partial charge >= 0.3 is 0 Å². The Bertz CT molecular complexity index is 1380. The summed E-state index contributed by atoms with van der Waals surface area (Å²) >= 11 is 0. The van der Waals surface area contributed by atoms with Gasteiger partial charge in [0.1, 0.15) is 48.8 Å². The smallest absolute Gasteiger partial charge is 0.220 e. The molecule has 0 bridgehead atoms. The maximum absolute atomic E-state index is 13.2. The van der Waals surface area contributed by atoms with Crippen LogP contribution in [-0.4, -0.2) is 140 Å². The Hall–Kier alpha value is -1.79. The average molecular weight is 1050 g/mol. The molecule has 0 aliphatic carbocycles. The number of carbonyl (C=O) groups excluding carboxylic acids is 1. The van der Waals surface area contributed by atoms with E-state index in [0.29, 0.717) is 12.8 Å². The van der Waals surface area contributed by atoms with Gasteiger partial charge in [-0.1, -0.05) is 230 Å². The molecule has 0 aromatic rings. The van der Waals surface area contributed by atoms with Gasteiger partial charge in [0.05, 0.1) is 32.0 Å². The molecule has 12 atom stereocenters. The fourth-order valence-electron chi connectivity index (χ4n) is 9.91. The molecule has 0 spiro atoms. The number of carbonyl (C=O) groups is 1. The monoisotopic (exact) mass is 1050 g/mol. The van der Waals surface area contributed by atoms with E-state index in [2.05, 4.69) is 43.5 Å². The average Bonchev–Trinajstić information content (AvgIpc) is 3.40. The molecule has 0 aromatic carbocycles. The Morgan fingerprint density at radius 3 is 1.32 bits per heavy atom. The predicted molar refractivity (Wildman–Crippen MR) is 295 cm³/mol. The Morgan fingerprint density at radius 2 is 0.865 bits per heavy atom. The zero-order valence-electron chi connectivity index (χ0n) is 46.6. The number of rotatable bonds is 48. The second-order valence-corrected chi connectivity index (χ2v) is 21.5. The van der Waals surface area contributed by atoms with Crippen LogP contribution >= 0.6 is 0 Å². The van der Waals surface area contributed by atoms with Crippen LogP contribution in [-0.2, 0) is 23.7 Å². The van der Waals surface area contributed by atoms with Crippen molar-refractivity contribution in [3.8, 4) is 0 Å². The minimum absolute atomic E-state index is 0.250. The first-order valence-corrected chi connectivity index (χ1v) is 30.2. The minimum Gasteiger partial charge on any atom is -0.394 e. The normalized spacial score (nSPS) is 25.4. The van der Waals surface area contributed by atoms with E-state index >= 15 is 0 Å². The number of allylic oxidation sites excluding steroid dienone is 5. The first-order chi connectivity index (χ1) is 36.1. The summed E-state index contributed by atoms with van der Waals surface area (Å²) in [4.78, 5) is 13.2. The molecule has 2 aliphatic rings. The molecule has 2 saturated heterocycles. The van der Waals surface area contributed by atoms with Crippen LogP contribution in [0, 0.1) is 0 Å². The van der Waals surface area contributed by atoms with Crippen molar-refractivity contribution in [1.82, 2.24) is 5.32 Å². The topological polar surface area (TPSA) is 228 Å². The number of nitrogens with one attached hydrogen (secondary N) is 1. The van der Waals surface area contributed by atoms with Crippen LogP contribution in [0.4, 0.5) is 0 Å². The van der Waals surface area contributed by atoms with Crippen molar-refractivity contribution in [2.24, 2.45) is 0 Å². The van der Waals surface area contributed by atoms with E-state index in [1.54, 1.807) is 6.08 Å². The van der Waals surface area contributed by atoms with Crippen LogP contribution in [0.1, 0.15) is 245 Å². The predicted octanol–water partition coefficient (Wildman–Crippen LogP) is 10.2. The molecule has 2 rings (SSSR count). The molecule has 2 heterocycles. The summed E-state index contributed by atoms with van der Waals surface area (Å²) in [6, 6.07) is -0.935. The van der Waals surface area contributed by atoms with E-state index < -0.39 is 86.8 Å². The van der Waals surface area contributed by atoms with Crippen molar-refractivity contribution in [3.63, 3.8) is 0 Å². The first-order valence-electron chi connectivity index (χ1n) is 30.2. The van der Waals surface area contributed by atoms with Gasteiger partial charge in [-0.15, -0.1) is 0 Å². The van der Waals surface area contributed by atoms with Crippen molar-refractivity contribution in [2.75, 3.05) is 19.8 Å². The Morgan fingerprint density at radius 1 is 0.473 bits per heavy atom. The molecular formula is C60H111NO13. The number of unbranched alkanes of at least 4 members (excludes halogenated alkanes) is 31. The van der Waals surface area contributed by atoms with Crippen molar-refractivity contribution in [3.05, 3.63) is 36.5 Å².